The first-order valence-electron chi connectivity index (χ1n) is 5.55. The fourth-order valence-electron chi connectivity index (χ4n) is 1.94. The summed E-state index contributed by atoms with van der Waals surface area (Å²) in [6.45, 7) is 0. The van der Waals surface area contributed by atoms with Gasteiger partial charge in [-0.3, -0.25) is 4.98 Å². The van der Waals surface area contributed by atoms with Crippen LogP contribution in [0, 0.1) is 0 Å². The van der Waals surface area contributed by atoms with Crippen LogP contribution < -0.4 is 0 Å². The molecule has 0 aromatic carbocycles. The van der Waals surface area contributed by atoms with Crippen LogP contribution in [-0.4, -0.2) is 19.6 Å². The van der Waals surface area contributed by atoms with Crippen molar-refractivity contribution in [2.75, 3.05) is 0 Å². The van der Waals surface area contributed by atoms with Gasteiger partial charge in [0.1, 0.15) is 11.2 Å². The maximum absolute atomic E-state index is 5.72. The molecule has 0 unspecified atom stereocenters. The number of hydrogen-bond donors (Lipinski definition) is 0. The molecule has 0 spiro atoms. The molecule has 18 heavy (non-hydrogen) atoms. The summed E-state index contributed by atoms with van der Waals surface area (Å²) in [5, 5.41) is 4.43. The van der Waals surface area contributed by atoms with Gasteiger partial charge < -0.3 is 4.42 Å². The second-order valence-corrected chi connectivity index (χ2v) is 3.95. The van der Waals surface area contributed by atoms with Gasteiger partial charge in [-0.1, -0.05) is 0 Å². The van der Waals surface area contributed by atoms with E-state index in [0.717, 1.165) is 22.4 Å². The van der Waals surface area contributed by atoms with Gasteiger partial charge in [0.2, 0.25) is 0 Å². The fourth-order valence-corrected chi connectivity index (χ4v) is 1.94. The maximum Gasteiger partial charge on any atom is 0.157 e. The van der Waals surface area contributed by atoms with Crippen LogP contribution >= 0.6 is 0 Å². The van der Waals surface area contributed by atoms with Crippen molar-refractivity contribution in [3.63, 3.8) is 0 Å². The Kier molecular flexibility index (Phi) is 1.77. The summed E-state index contributed by atoms with van der Waals surface area (Å²) in [6, 6.07) is 9.42. The highest BCUT2D eigenvalue weighted by Gasteiger charge is 2.08. The normalized spacial score (nSPS) is 11.3. The Morgan fingerprint density at radius 3 is 3.00 bits per heavy atom. The molecule has 5 heteroatoms. The molecule has 0 atom stereocenters. The van der Waals surface area contributed by atoms with E-state index in [1.54, 1.807) is 23.1 Å². The van der Waals surface area contributed by atoms with Crippen molar-refractivity contribution in [1.29, 1.82) is 0 Å². The van der Waals surface area contributed by atoms with E-state index in [9.17, 15) is 0 Å². The second-order valence-electron chi connectivity index (χ2n) is 3.95. The minimum absolute atomic E-state index is 0.708. The first-order valence-corrected chi connectivity index (χ1v) is 5.55. The molecule has 4 aromatic rings. The predicted molar refractivity (Wildman–Crippen MR) is 66.0 cm³/mol. The lowest BCUT2D eigenvalue weighted by Gasteiger charge is -1.96. The van der Waals surface area contributed by atoms with E-state index in [1.165, 1.54) is 0 Å². The Balaban J connectivity index is 1.94. The van der Waals surface area contributed by atoms with Crippen molar-refractivity contribution in [2.24, 2.45) is 0 Å². The Morgan fingerprint density at radius 1 is 1.06 bits per heavy atom. The third kappa shape index (κ3) is 1.31. The molecular formula is C13H8N4O. The van der Waals surface area contributed by atoms with Gasteiger partial charge in [0, 0.05) is 24.7 Å². The molecule has 0 aliphatic rings. The molecule has 0 aliphatic heterocycles. The quantitative estimate of drug-likeness (QED) is 0.509. The summed E-state index contributed by atoms with van der Waals surface area (Å²) >= 11 is 0. The van der Waals surface area contributed by atoms with Gasteiger partial charge in [0.05, 0.1) is 0 Å². The van der Waals surface area contributed by atoms with Gasteiger partial charge in [-0.2, -0.15) is 5.10 Å². The zero-order valence-electron chi connectivity index (χ0n) is 9.32. The number of hydrogen-bond acceptors (Lipinski definition) is 4. The van der Waals surface area contributed by atoms with Crippen LogP contribution in [0.15, 0.2) is 53.3 Å². The lowest BCUT2D eigenvalue weighted by atomic mass is 10.3. The lowest BCUT2D eigenvalue weighted by molar-refractivity contribution is 0.625. The first kappa shape index (κ1) is 9.35. The zero-order valence-corrected chi connectivity index (χ0v) is 9.32. The smallest absolute Gasteiger partial charge is 0.157 e. The van der Waals surface area contributed by atoms with E-state index >= 15 is 0 Å². The van der Waals surface area contributed by atoms with Crippen molar-refractivity contribution < 1.29 is 4.42 Å². The Labute approximate surface area is 102 Å². The summed E-state index contributed by atoms with van der Waals surface area (Å²) in [5.74, 6) is 0.708. The number of fused-ring (bicyclic) bond motifs is 2. The summed E-state index contributed by atoms with van der Waals surface area (Å²) in [5.41, 5.74) is 3.17. The molecule has 4 rings (SSSR count). The van der Waals surface area contributed by atoms with Crippen LogP contribution in [0.1, 0.15) is 0 Å². The molecule has 0 N–H and O–H groups in total. The Hall–Kier alpha value is -2.69. The van der Waals surface area contributed by atoms with Crippen LogP contribution in [0.3, 0.4) is 0 Å². The average molecular weight is 236 g/mol. The number of pyridine rings is 1. The van der Waals surface area contributed by atoms with E-state index < -0.39 is 0 Å². The lowest BCUT2D eigenvalue weighted by Crippen LogP contribution is -1.91. The molecule has 0 bridgehead atoms. The molecule has 4 heterocycles. The summed E-state index contributed by atoms with van der Waals surface area (Å²) in [6.07, 6.45) is 5.26. The molecule has 0 saturated carbocycles. The SMILES string of the molecule is c1cnc2cc(-c3ccc4nccn4n3)oc2c1. The van der Waals surface area contributed by atoms with Crippen molar-refractivity contribution in [2.45, 2.75) is 0 Å². The topological polar surface area (TPSA) is 56.2 Å². The molecule has 0 aliphatic carbocycles. The molecule has 0 saturated heterocycles. The largest absolute Gasteiger partial charge is 0.453 e. The highest BCUT2D eigenvalue weighted by Crippen LogP contribution is 2.24. The van der Waals surface area contributed by atoms with Crippen molar-refractivity contribution in [1.82, 2.24) is 19.6 Å². The highest BCUT2D eigenvalue weighted by atomic mass is 16.3. The van der Waals surface area contributed by atoms with Crippen molar-refractivity contribution >= 4 is 16.7 Å². The standard InChI is InChI=1S/C13H8N4O/c1-2-11-10(14-5-1)8-12(18-11)9-3-4-13-15-6-7-17(13)16-9/h1-8H. The number of furan rings is 1. The summed E-state index contributed by atoms with van der Waals surface area (Å²) < 4.78 is 7.44. The number of imidazole rings is 1. The molecule has 0 amide bonds. The van der Waals surface area contributed by atoms with Gasteiger partial charge in [0.15, 0.2) is 17.0 Å². The monoisotopic (exact) mass is 236 g/mol. The van der Waals surface area contributed by atoms with Gasteiger partial charge >= 0.3 is 0 Å². The maximum atomic E-state index is 5.72. The van der Waals surface area contributed by atoms with E-state index in [1.807, 2.05) is 30.3 Å². The molecular weight excluding hydrogens is 228 g/mol. The molecule has 4 aromatic heterocycles. The van der Waals surface area contributed by atoms with Crippen molar-refractivity contribution in [3.8, 4) is 11.5 Å². The van der Waals surface area contributed by atoms with E-state index in [-0.39, 0.29) is 0 Å². The van der Waals surface area contributed by atoms with Crippen LogP contribution in [0.5, 0.6) is 0 Å². The minimum Gasteiger partial charge on any atom is -0.453 e. The average Bonchev–Trinajstić information content (AvgIpc) is 3.04. The van der Waals surface area contributed by atoms with Crippen molar-refractivity contribution in [3.05, 3.63) is 48.9 Å². The zero-order chi connectivity index (χ0) is 11.9. The molecule has 5 nitrogen and oxygen atoms in total. The van der Waals surface area contributed by atoms with Crippen LogP contribution in [0.4, 0.5) is 0 Å². The summed E-state index contributed by atoms with van der Waals surface area (Å²) in [7, 11) is 0. The van der Waals surface area contributed by atoms with Gasteiger partial charge in [-0.05, 0) is 24.3 Å². The third-order valence-electron chi connectivity index (χ3n) is 2.80. The van der Waals surface area contributed by atoms with Gasteiger partial charge in [0.25, 0.3) is 0 Å². The molecule has 86 valence electrons. The first-order chi connectivity index (χ1) is 8.90. The third-order valence-corrected chi connectivity index (χ3v) is 2.80. The molecule has 0 radical (unpaired) electrons. The van der Waals surface area contributed by atoms with E-state index in [4.69, 9.17) is 4.42 Å². The number of rotatable bonds is 1. The molecule has 0 fully saturated rings. The van der Waals surface area contributed by atoms with Crippen LogP contribution in [-0.2, 0) is 0 Å². The summed E-state index contributed by atoms with van der Waals surface area (Å²) in [4.78, 5) is 8.39. The number of aromatic nitrogens is 4. The predicted octanol–water partition coefficient (Wildman–Crippen LogP) is 2.54. The van der Waals surface area contributed by atoms with Crippen LogP contribution in [0.2, 0.25) is 0 Å². The van der Waals surface area contributed by atoms with E-state index in [2.05, 4.69) is 15.1 Å². The van der Waals surface area contributed by atoms with Gasteiger partial charge in [-0.15, -0.1) is 0 Å². The van der Waals surface area contributed by atoms with Crippen LogP contribution in [0.25, 0.3) is 28.2 Å². The van der Waals surface area contributed by atoms with Gasteiger partial charge in [-0.25, -0.2) is 9.50 Å². The Morgan fingerprint density at radius 2 is 2.06 bits per heavy atom. The fraction of sp³-hybridized carbons (Fsp3) is 0. The second kappa shape index (κ2) is 3.40. The Bertz CT molecular complexity index is 813. The minimum atomic E-state index is 0.708. The highest BCUT2D eigenvalue weighted by molar-refractivity contribution is 5.78. The van der Waals surface area contributed by atoms with E-state index in [0.29, 0.717) is 5.76 Å². The number of nitrogens with zero attached hydrogens (tertiary/aromatic N) is 4.